The van der Waals surface area contributed by atoms with Gasteiger partial charge in [0, 0.05) is 35.2 Å². The van der Waals surface area contributed by atoms with Gasteiger partial charge in [0.05, 0.1) is 12.3 Å². The lowest BCUT2D eigenvalue weighted by atomic mass is 10.1. The fourth-order valence-electron chi connectivity index (χ4n) is 3.10. The molecule has 1 saturated carbocycles. The molecule has 3 N–H and O–H groups in total. The number of amides is 2. The first-order chi connectivity index (χ1) is 13.7. The Bertz CT molecular complexity index is 1010. The van der Waals surface area contributed by atoms with Crippen molar-refractivity contribution in [2.75, 3.05) is 18.8 Å². The van der Waals surface area contributed by atoms with Crippen LogP contribution >= 0.6 is 11.8 Å². The fourth-order valence-corrected chi connectivity index (χ4v) is 3.93. The van der Waals surface area contributed by atoms with Crippen molar-refractivity contribution in [2.24, 2.45) is 0 Å². The number of hydrogen-bond donors (Lipinski definition) is 3. The molecule has 8 nitrogen and oxygen atoms in total. The van der Waals surface area contributed by atoms with Gasteiger partial charge in [-0.1, -0.05) is 30.0 Å². The van der Waals surface area contributed by atoms with E-state index in [1.54, 1.807) is 0 Å². The number of aromatic amines is 1. The van der Waals surface area contributed by atoms with Crippen LogP contribution < -0.4 is 10.6 Å². The molecule has 0 saturated heterocycles. The summed E-state index contributed by atoms with van der Waals surface area (Å²) in [6.07, 6.45) is 4.13. The van der Waals surface area contributed by atoms with E-state index in [0.717, 1.165) is 40.3 Å². The molecule has 1 aliphatic carbocycles. The van der Waals surface area contributed by atoms with Gasteiger partial charge in [-0.3, -0.25) is 14.2 Å². The van der Waals surface area contributed by atoms with Gasteiger partial charge in [-0.15, -0.1) is 10.2 Å². The Morgan fingerprint density at radius 3 is 2.82 bits per heavy atom. The molecule has 4 rings (SSSR count). The van der Waals surface area contributed by atoms with Crippen molar-refractivity contribution in [3.63, 3.8) is 0 Å². The highest BCUT2D eigenvalue weighted by Gasteiger charge is 2.31. The Morgan fingerprint density at radius 1 is 1.21 bits per heavy atom. The normalized spacial score (nSPS) is 13.6. The fraction of sp³-hybridized carbons (Fsp3) is 0.368. The zero-order valence-corrected chi connectivity index (χ0v) is 16.4. The number of rotatable bonds is 8. The predicted molar refractivity (Wildman–Crippen MR) is 108 cm³/mol. The Kier molecular flexibility index (Phi) is 5.34. The van der Waals surface area contributed by atoms with Crippen LogP contribution in [0.2, 0.25) is 0 Å². The summed E-state index contributed by atoms with van der Waals surface area (Å²) < 4.78 is 2.14. The van der Waals surface area contributed by atoms with E-state index in [1.165, 1.54) is 11.8 Å². The minimum atomic E-state index is -0.199. The zero-order chi connectivity index (χ0) is 19.5. The van der Waals surface area contributed by atoms with E-state index in [9.17, 15) is 9.59 Å². The van der Waals surface area contributed by atoms with Gasteiger partial charge in [-0.2, -0.15) is 0 Å². The molecule has 1 fully saturated rings. The smallest absolute Gasteiger partial charge is 0.239 e. The number of carbonyl (C=O) groups is 2. The van der Waals surface area contributed by atoms with Crippen molar-refractivity contribution >= 4 is 34.5 Å². The number of carbonyl (C=O) groups excluding carboxylic acids is 2. The second-order valence-corrected chi connectivity index (χ2v) is 7.62. The minimum absolute atomic E-state index is 0.0108. The Hall–Kier alpha value is -2.81. The highest BCUT2D eigenvalue weighted by molar-refractivity contribution is 7.99. The lowest BCUT2D eigenvalue weighted by Gasteiger charge is -2.08. The van der Waals surface area contributed by atoms with E-state index in [-0.39, 0.29) is 24.1 Å². The topological polar surface area (TPSA) is 105 Å². The van der Waals surface area contributed by atoms with Crippen molar-refractivity contribution in [1.82, 2.24) is 30.4 Å². The maximum absolute atomic E-state index is 12.1. The molecule has 1 aliphatic rings. The van der Waals surface area contributed by atoms with Crippen molar-refractivity contribution in [1.29, 1.82) is 0 Å². The second kappa shape index (κ2) is 8.05. The molecule has 146 valence electrons. The number of likely N-dealkylation sites (N-methyl/N-ethyl adjacent to an activating group) is 1. The third-order valence-corrected chi connectivity index (χ3v) is 5.50. The van der Waals surface area contributed by atoms with E-state index in [0.29, 0.717) is 12.6 Å². The second-order valence-electron chi connectivity index (χ2n) is 6.67. The molecule has 0 atom stereocenters. The summed E-state index contributed by atoms with van der Waals surface area (Å²) in [6.45, 7) is 2.37. The molecule has 0 radical (unpaired) electrons. The molecule has 0 bridgehead atoms. The van der Waals surface area contributed by atoms with E-state index in [2.05, 4.69) is 36.4 Å². The third-order valence-electron chi connectivity index (χ3n) is 4.56. The van der Waals surface area contributed by atoms with Crippen molar-refractivity contribution < 1.29 is 9.59 Å². The first-order valence-corrected chi connectivity index (χ1v) is 10.3. The SMILES string of the molecule is CCNC(=O)CNC(=O)CSc1nnc(-c2c[nH]c3ccccc23)n1C1CC1. The van der Waals surface area contributed by atoms with Gasteiger partial charge in [-0.05, 0) is 25.8 Å². The van der Waals surface area contributed by atoms with E-state index < -0.39 is 0 Å². The molecule has 0 spiro atoms. The average molecular weight is 398 g/mol. The molecule has 9 heteroatoms. The zero-order valence-electron chi connectivity index (χ0n) is 15.6. The minimum Gasteiger partial charge on any atom is -0.360 e. The average Bonchev–Trinajstić information content (AvgIpc) is 3.31. The number of hydrogen-bond acceptors (Lipinski definition) is 5. The van der Waals surface area contributed by atoms with Crippen LogP contribution in [0.3, 0.4) is 0 Å². The maximum atomic E-state index is 12.1. The summed E-state index contributed by atoms with van der Waals surface area (Å²) in [5.74, 6) is 0.627. The number of thioether (sulfide) groups is 1. The van der Waals surface area contributed by atoms with E-state index in [4.69, 9.17) is 0 Å². The Balaban J connectivity index is 1.49. The van der Waals surface area contributed by atoms with Gasteiger partial charge in [-0.25, -0.2) is 0 Å². The molecule has 1 aromatic carbocycles. The maximum Gasteiger partial charge on any atom is 0.239 e. The predicted octanol–water partition coefficient (Wildman–Crippen LogP) is 2.11. The van der Waals surface area contributed by atoms with Gasteiger partial charge in [0.1, 0.15) is 0 Å². The summed E-state index contributed by atoms with van der Waals surface area (Å²) in [7, 11) is 0. The van der Waals surface area contributed by atoms with Gasteiger partial charge in [0.2, 0.25) is 11.8 Å². The van der Waals surface area contributed by atoms with Crippen LogP contribution in [0.25, 0.3) is 22.3 Å². The van der Waals surface area contributed by atoms with Crippen LogP contribution in [0.15, 0.2) is 35.6 Å². The molecular formula is C19H22N6O2S. The number of fused-ring (bicyclic) bond motifs is 1. The summed E-state index contributed by atoms with van der Waals surface area (Å²) in [5.41, 5.74) is 2.07. The quantitative estimate of drug-likeness (QED) is 0.504. The number of H-pyrrole nitrogens is 1. The van der Waals surface area contributed by atoms with Crippen LogP contribution in [0.5, 0.6) is 0 Å². The molecule has 28 heavy (non-hydrogen) atoms. The summed E-state index contributed by atoms with van der Waals surface area (Å²) in [5, 5.41) is 15.9. The van der Waals surface area contributed by atoms with Crippen molar-refractivity contribution in [3.05, 3.63) is 30.5 Å². The monoisotopic (exact) mass is 398 g/mol. The molecular weight excluding hydrogens is 376 g/mol. The van der Waals surface area contributed by atoms with Crippen LogP contribution in [-0.2, 0) is 9.59 Å². The number of nitrogens with one attached hydrogen (secondary N) is 3. The number of aromatic nitrogens is 4. The van der Waals surface area contributed by atoms with E-state index >= 15 is 0 Å². The van der Waals surface area contributed by atoms with Crippen LogP contribution in [-0.4, -0.2) is 50.4 Å². The Labute approximate surface area is 166 Å². The van der Waals surface area contributed by atoms with Gasteiger partial charge < -0.3 is 15.6 Å². The number of para-hydroxylation sites is 1. The lowest BCUT2D eigenvalue weighted by molar-refractivity contribution is -0.124. The van der Waals surface area contributed by atoms with Crippen molar-refractivity contribution in [2.45, 2.75) is 31.0 Å². The summed E-state index contributed by atoms with van der Waals surface area (Å²) in [6, 6.07) is 8.47. The van der Waals surface area contributed by atoms with Crippen molar-refractivity contribution in [3.8, 4) is 11.4 Å². The Morgan fingerprint density at radius 2 is 2.04 bits per heavy atom. The van der Waals surface area contributed by atoms with Gasteiger partial charge in [0.15, 0.2) is 11.0 Å². The molecule has 3 aromatic rings. The summed E-state index contributed by atoms with van der Waals surface area (Å²) >= 11 is 1.35. The van der Waals surface area contributed by atoms with Gasteiger partial charge in [0.25, 0.3) is 0 Å². The standard InChI is InChI=1S/C19H22N6O2S/c1-2-20-16(26)10-22-17(27)11-28-19-24-23-18(25(19)12-7-8-12)14-9-21-15-6-4-3-5-13(14)15/h3-6,9,12,21H,2,7-8,10-11H2,1H3,(H,20,26)(H,22,27). The molecule has 0 aliphatic heterocycles. The third kappa shape index (κ3) is 3.89. The highest BCUT2D eigenvalue weighted by atomic mass is 32.2. The first-order valence-electron chi connectivity index (χ1n) is 9.35. The number of benzene rings is 1. The molecule has 2 aromatic heterocycles. The molecule has 2 amide bonds. The van der Waals surface area contributed by atoms with Gasteiger partial charge >= 0.3 is 0 Å². The summed E-state index contributed by atoms with van der Waals surface area (Å²) in [4.78, 5) is 26.8. The molecule has 0 unspecified atom stereocenters. The lowest BCUT2D eigenvalue weighted by Crippen LogP contribution is -2.37. The molecule has 2 heterocycles. The van der Waals surface area contributed by atoms with Crippen LogP contribution in [0, 0.1) is 0 Å². The first kappa shape index (κ1) is 18.5. The van der Waals surface area contributed by atoms with Crippen LogP contribution in [0.1, 0.15) is 25.8 Å². The van der Waals surface area contributed by atoms with Crippen LogP contribution in [0.4, 0.5) is 0 Å². The number of nitrogens with zero attached hydrogens (tertiary/aromatic N) is 3. The largest absolute Gasteiger partial charge is 0.360 e. The van der Waals surface area contributed by atoms with E-state index in [1.807, 2.05) is 31.3 Å². The highest BCUT2D eigenvalue weighted by Crippen LogP contribution is 2.42.